The molecule has 2 aromatic carbocycles. The first-order valence-corrected chi connectivity index (χ1v) is 8.41. The van der Waals surface area contributed by atoms with Gasteiger partial charge in [-0.1, -0.05) is 72.8 Å². The molecule has 0 aromatic heterocycles. The molecular weight excluding hydrogens is 300 g/mol. The van der Waals surface area contributed by atoms with Crippen molar-refractivity contribution in [3.8, 4) is 0 Å². The smallest absolute Gasteiger partial charge is 0.0720 e. The van der Waals surface area contributed by atoms with E-state index in [0.717, 1.165) is 12.8 Å². The average Bonchev–Trinajstić information content (AvgIpc) is 2.64. The summed E-state index contributed by atoms with van der Waals surface area (Å²) in [5.74, 6) is 0. The van der Waals surface area contributed by atoms with Crippen molar-refractivity contribution in [2.75, 3.05) is 13.2 Å². The highest BCUT2D eigenvalue weighted by atomic mass is 16.5. The molecule has 0 spiro atoms. The second-order valence-electron chi connectivity index (χ2n) is 5.64. The van der Waals surface area contributed by atoms with E-state index in [-0.39, 0.29) is 12.7 Å². The van der Waals surface area contributed by atoms with Gasteiger partial charge in [0.15, 0.2) is 0 Å². The lowest BCUT2D eigenvalue weighted by Gasteiger charge is -2.17. The van der Waals surface area contributed by atoms with Crippen LogP contribution < -0.4 is 0 Å². The molecule has 24 heavy (non-hydrogen) atoms. The molecule has 0 saturated heterocycles. The molecular formula is C21H26O3. The highest BCUT2D eigenvalue weighted by Gasteiger charge is 2.08. The van der Waals surface area contributed by atoms with Gasteiger partial charge >= 0.3 is 0 Å². The zero-order chi connectivity index (χ0) is 16.9. The molecule has 3 heteroatoms. The summed E-state index contributed by atoms with van der Waals surface area (Å²) in [5.41, 5.74) is 2.35. The van der Waals surface area contributed by atoms with Gasteiger partial charge in [-0.2, -0.15) is 0 Å². The molecule has 0 unspecified atom stereocenters. The first-order chi connectivity index (χ1) is 11.9. The molecule has 0 saturated carbocycles. The zero-order valence-corrected chi connectivity index (χ0v) is 14.0. The molecule has 0 aliphatic carbocycles. The maximum absolute atomic E-state index is 8.87. The second-order valence-corrected chi connectivity index (χ2v) is 5.64. The summed E-state index contributed by atoms with van der Waals surface area (Å²) in [6.45, 7) is 1.94. The summed E-state index contributed by atoms with van der Waals surface area (Å²) in [7, 11) is 0. The molecule has 1 atom stereocenters. The maximum atomic E-state index is 8.87. The van der Waals surface area contributed by atoms with Gasteiger partial charge in [0.05, 0.1) is 25.9 Å². The SMILES string of the molecule is OC/C=C/C[C@@H](CCOCc1ccccc1)OCc1ccccc1. The standard InChI is InChI=1S/C21H26O3/c22-15-8-7-13-21(24-18-20-11-5-2-6-12-20)14-16-23-17-19-9-3-1-4-10-19/h1-12,21-22H,13-18H2/b8-7+/t21-/m0/s1. The van der Waals surface area contributed by atoms with E-state index in [0.29, 0.717) is 19.8 Å². The summed E-state index contributed by atoms with van der Waals surface area (Å²) >= 11 is 0. The molecule has 0 fully saturated rings. The van der Waals surface area contributed by atoms with Gasteiger partial charge in [0.2, 0.25) is 0 Å². The van der Waals surface area contributed by atoms with Crippen molar-refractivity contribution < 1.29 is 14.6 Å². The quantitative estimate of drug-likeness (QED) is 0.499. The lowest BCUT2D eigenvalue weighted by atomic mass is 10.1. The van der Waals surface area contributed by atoms with Gasteiger partial charge in [0.25, 0.3) is 0 Å². The highest BCUT2D eigenvalue weighted by molar-refractivity contribution is 5.14. The molecule has 0 heterocycles. The first kappa shape index (κ1) is 18.4. The summed E-state index contributed by atoms with van der Waals surface area (Å²) in [5, 5.41) is 8.87. The summed E-state index contributed by atoms with van der Waals surface area (Å²) in [6.07, 6.45) is 5.41. The van der Waals surface area contributed by atoms with Gasteiger partial charge < -0.3 is 14.6 Å². The Balaban J connectivity index is 1.74. The highest BCUT2D eigenvalue weighted by Crippen LogP contribution is 2.11. The molecule has 0 amide bonds. The monoisotopic (exact) mass is 326 g/mol. The van der Waals surface area contributed by atoms with Crippen molar-refractivity contribution in [3.63, 3.8) is 0 Å². The minimum absolute atomic E-state index is 0.0654. The Morgan fingerprint density at radius 1 is 0.833 bits per heavy atom. The second kappa shape index (κ2) is 11.6. The normalized spacial score (nSPS) is 12.5. The van der Waals surface area contributed by atoms with Gasteiger partial charge in [-0.3, -0.25) is 0 Å². The number of hydrogen-bond acceptors (Lipinski definition) is 3. The summed E-state index contributed by atoms with van der Waals surface area (Å²) in [4.78, 5) is 0. The van der Waals surface area contributed by atoms with Gasteiger partial charge in [0.1, 0.15) is 0 Å². The van der Waals surface area contributed by atoms with E-state index in [9.17, 15) is 0 Å². The summed E-state index contributed by atoms with van der Waals surface area (Å²) < 4.78 is 11.8. The fraction of sp³-hybridized carbons (Fsp3) is 0.333. The molecule has 1 N–H and O–H groups in total. The molecule has 2 aromatic rings. The molecule has 0 aliphatic rings. The number of hydrogen-bond donors (Lipinski definition) is 1. The van der Waals surface area contributed by atoms with Crippen molar-refractivity contribution in [3.05, 3.63) is 83.9 Å². The van der Waals surface area contributed by atoms with Crippen LogP contribution in [0.4, 0.5) is 0 Å². The van der Waals surface area contributed by atoms with E-state index in [4.69, 9.17) is 14.6 Å². The first-order valence-electron chi connectivity index (χ1n) is 8.41. The Bertz CT molecular complexity index is 566. The topological polar surface area (TPSA) is 38.7 Å². The van der Waals surface area contributed by atoms with Crippen LogP contribution in [0.15, 0.2) is 72.8 Å². The fourth-order valence-electron chi connectivity index (χ4n) is 2.36. The largest absolute Gasteiger partial charge is 0.392 e. The van der Waals surface area contributed by atoms with E-state index < -0.39 is 0 Å². The predicted octanol–water partition coefficient (Wildman–Crippen LogP) is 4.12. The zero-order valence-electron chi connectivity index (χ0n) is 14.0. The molecule has 0 radical (unpaired) electrons. The van der Waals surface area contributed by atoms with E-state index in [1.165, 1.54) is 11.1 Å². The number of aliphatic hydroxyl groups is 1. The Labute approximate surface area is 144 Å². The van der Waals surface area contributed by atoms with Crippen LogP contribution in [-0.4, -0.2) is 24.4 Å². The van der Waals surface area contributed by atoms with E-state index in [1.54, 1.807) is 6.08 Å². The van der Waals surface area contributed by atoms with Gasteiger partial charge in [-0.15, -0.1) is 0 Å². The van der Waals surface area contributed by atoms with Crippen molar-refractivity contribution in [2.45, 2.75) is 32.2 Å². The summed E-state index contributed by atoms with van der Waals surface area (Å²) in [6, 6.07) is 20.3. The Hall–Kier alpha value is -1.94. The number of benzene rings is 2. The van der Waals surface area contributed by atoms with Crippen LogP contribution in [0, 0.1) is 0 Å². The van der Waals surface area contributed by atoms with Gasteiger partial charge in [0, 0.05) is 6.61 Å². The van der Waals surface area contributed by atoms with E-state index >= 15 is 0 Å². The molecule has 128 valence electrons. The third kappa shape index (κ3) is 7.55. The molecule has 0 aliphatic heterocycles. The van der Waals surface area contributed by atoms with E-state index in [2.05, 4.69) is 24.3 Å². The number of ether oxygens (including phenoxy) is 2. The van der Waals surface area contributed by atoms with Crippen molar-refractivity contribution in [1.29, 1.82) is 0 Å². The minimum Gasteiger partial charge on any atom is -0.392 e. The average molecular weight is 326 g/mol. The van der Waals surface area contributed by atoms with Gasteiger partial charge in [-0.25, -0.2) is 0 Å². The van der Waals surface area contributed by atoms with Crippen LogP contribution in [0.5, 0.6) is 0 Å². The van der Waals surface area contributed by atoms with Crippen LogP contribution in [0.1, 0.15) is 24.0 Å². The predicted molar refractivity (Wildman–Crippen MR) is 96.6 cm³/mol. The lowest BCUT2D eigenvalue weighted by molar-refractivity contribution is 0.0104. The molecule has 0 bridgehead atoms. The fourth-order valence-corrected chi connectivity index (χ4v) is 2.36. The van der Waals surface area contributed by atoms with Gasteiger partial charge in [-0.05, 0) is 24.0 Å². The van der Waals surface area contributed by atoms with Crippen LogP contribution in [0.2, 0.25) is 0 Å². The third-order valence-electron chi connectivity index (χ3n) is 3.70. The number of rotatable bonds is 11. The van der Waals surface area contributed by atoms with Crippen LogP contribution in [0.3, 0.4) is 0 Å². The van der Waals surface area contributed by atoms with Crippen molar-refractivity contribution in [2.24, 2.45) is 0 Å². The Kier molecular flexibility index (Phi) is 8.87. The van der Waals surface area contributed by atoms with Crippen LogP contribution in [-0.2, 0) is 22.7 Å². The number of aliphatic hydroxyl groups excluding tert-OH is 1. The molecule has 2 rings (SSSR count). The van der Waals surface area contributed by atoms with Crippen LogP contribution in [0.25, 0.3) is 0 Å². The van der Waals surface area contributed by atoms with Crippen LogP contribution >= 0.6 is 0 Å². The minimum atomic E-state index is 0.0654. The maximum Gasteiger partial charge on any atom is 0.0720 e. The van der Waals surface area contributed by atoms with Crippen molar-refractivity contribution in [1.82, 2.24) is 0 Å². The van der Waals surface area contributed by atoms with Crippen molar-refractivity contribution >= 4 is 0 Å². The van der Waals surface area contributed by atoms with E-state index in [1.807, 2.05) is 42.5 Å². The molecule has 3 nitrogen and oxygen atoms in total. The third-order valence-corrected chi connectivity index (χ3v) is 3.70. The Morgan fingerprint density at radius 3 is 2.08 bits per heavy atom. The Morgan fingerprint density at radius 2 is 1.46 bits per heavy atom. The lowest BCUT2D eigenvalue weighted by Crippen LogP contribution is -2.15.